The summed E-state index contributed by atoms with van der Waals surface area (Å²) in [5, 5.41) is 0. The second kappa shape index (κ2) is 6.96. The van der Waals surface area contributed by atoms with Crippen molar-refractivity contribution in [2.24, 2.45) is 5.73 Å². The van der Waals surface area contributed by atoms with Gasteiger partial charge in [0.2, 0.25) is 0 Å². The molecule has 0 aromatic heterocycles. The first-order chi connectivity index (χ1) is 9.15. The number of rotatable bonds is 5. The van der Waals surface area contributed by atoms with E-state index in [1.54, 1.807) is 0 Å². The van der Waals surface area contributed by atoms with Crippen LogP contribution in [0.2, 0.25) is 0 Å². The van der Waals surface area contributed by atoms with E-state index in [-0.39, 0.29) is 6.04 Å². The molecule has 1 aromatic carbocycles. The van der Waals surface area contributed by atoms with Gasteiger partial charge in [-0.3, -0.25) is 0 Å². The standard InChI is InChI=1S/C15H21F2NO/c16-12-5-4-11(15(17)10-12)9-13(18)6-7-14-3-1-2-8-19-14/h4-5,10,13-14H,1-3,6-9,18H2. The largest absolute Gasteiger partial charge is 0.378 e. The monoisotopic (exact) mass is 269 g/mol. The fourth-order valence-electron chi connectivity index (χ4n) is 2.51. The minimum atomic E-state index is -0.551. The smallest absolute Gasteiger partial charge is 0.129 e. The van der Waals surface area contributed by atoms with E-state index >= 15 is 0 Å². The maximum Gasteiger partial charge on any atom is 0.129 e. The highest BCUT2D eigenvalue weighted by molar-refractivity contribution is 5.19. The van der Waals surface area contributed by atoms with Crippen LogP contribution >= 0.6 is 0 Å². The van der Waals surface area contributed by atoms with Crippen molar-refractivity contribution in [3.05, 3.63) is 35.4 Å². The van der Waals surface area contributed by atoms with Gasteiger partial charge in [0, 0.05) is 18.7 Å². The van der Waals surface area contributed by atoms with Crippen LogP contribution in [0.15, 0.2) is 18.2 Å². The zero-order valence-corrected chi connectivity index (χ0v) is 11.1. The number of halogens is 2. The summed E-state index contributed by atoms with van der Waals surface area (Å²) in [6.07, 6.45) is 5.93. The molecule has 1 heterocycles. The number of nitrogens with two attached hydrogens (primary N) is 1. The molecule has 1 fully saturated rings. The fraction of sp³-hybridized carbons (Fsp3) is 0.600. The Hall–Kier alpha value is -1.00. The molecule has 2 rings (SSSR count). The van der Waals surface area contributed by atoms with E-state index in [1.165, 1.54) is 18.6 Å². The minimum Gasteiger partial charge on any atom is -0.378 e. The summed E-state index contributed by atoms with van der Waals surface area (Å²) < 4.78 is 31.9. The molecule has 106 valence electrons. The summed E-state index contributed by atoms with van der Waals surface area (Å²) in [4.78, 5) is 0. The first-order valence-corrected chi connectivity index (χ1v) is 6.96. The van der Waals surface area contributed by atoms with Crippen LogP contribution in [-0.2, 0) is 11.2 Å². The lowest BCUT2D eigenvalue weighted by Gasteiger charge is -2.23. The summed E-state index contributed by atoms with van der Waals surface area (Å²) in [7, 11) is 0. The molecule has 4 heteroatoms. The predicted octanol–water partition coefficient (Wildman–Crippen LogP) is 3.18. The number of ether oxygens (including phenoxy) is 1. The Labute approximate surface area is 112 Å². The lowest BCUT2D eigenvalue weighted by Crippen LogP contribution is -2.27. The SMILES string of the molecule is NC(CCC1CCCCO1)Cc1ccc(F)cc1F. The Bertz CT molecular complexity index is 405. The Morgan fingerprint density at radius 3 is 2.84 bits per heavy atom. The lowest BCUT2D eigenvalue weighted by atomic mass is 9.98. The van der Waals surface area contributed by atoms with Crippen LogP contribution in [0.5, 0.6) is 0 Å². The van der Waals surface area contributed by atoms with Crippen LogP contribution < -0.4 is 5.73 Å². The van der Waals surface area contributed by atoms with Crippen LogP contribution in [0.3, 0.4) is 0 Å². The molecule has 1 saturated heterocycles. The van der Waals surface area contributed by atoms with Gasteiger partial charge in [-0.15, -0.1) is 0 Å². The van der Waals surface area contributed by atoms with Gasteiger partial charge in [-0.2, -0.15) is 0 Å². The van der Waals surface area contributed by atoms with Gasteiger partial charge >= 0.3 is 0 Å². The zero-order valence-electron chi connectivity index (χ0n) is 11.1. The first kappa shape index (κ1) is 14.4. The summed E-state index contributed by atoms with van der Waals surface area (Å²) in [5.41, 5.74) is 6.50. The van der Waals surface area contributed by atoms with Crippen molar-refractivity contribution < 1.29 is 13.5 Å². The second-order valence-electron chi connectivity index (χ2n) is 5.27. The molecule has 1 aromatic rings. The molecule has 19 heavy (non-hydrogen) atoms. The number of benzene rings is 1. The minimum absolute atomic E-state index is 0.106. The summed E-state index contributed by atoms with van der Waals surface area (Å²) in [5.74, 6) is -1.06. The van der Waals surface area contributed by atoms with E-state index in [9.17, 15) is 8.78 Å². The summed E-state index contributed by atoms with van der Waals surface area (Å²) in [6.45, 7) is 0.840. The van der Waals surface area contributed by atoms with Gasteiger partial charge in [-0.1, -0.05) is 6.07 Å². The molecule has 2 unspecified atom stereocenters. The molecule has 0 saturated carbocycles. The molecule has 1 aliphatic heterocycles. The van der Waals surface area contributed by atoms with Crippen molar-refractivity contribution in [3.8, 4) is 0 Å². The van der Waals surface area contributed by atoms with Gasteiger partial charge in [0.25, 0.3) is 0 Å². The topological polar surface area (TPSA) is 35.2 Å². The van der Waals surface area contributed by atoms with Crippen LogP contribution in [0.4, 0.5) is 8.78 Å². The molecule has 0 bridgehead atoms. The highest BCUT2D eigenvalue weighted by atomic mass is 19.1. The maximum absolute atomic E-state index is 13.5. The van der Waals surface area contributed by atoms with Crippen molar-refractivity contribution in [2.45, 2.75) is 50.7 Å². The highest BCUT2D eigenvalue weighted by Crippen LogP contribution is 2.19. The lowest BCUT2D eigenvalue weighted by molar-refractivity contribution is 0.00915. The third-order valence-corrected chi connectivity index (χ3v) is 3.63. The molecular weight excluding hydrogens is 248 g/mol. The Morgan fingerprint density at radius 2 is 2.16 bits per heavy atom. The normalized spacial score (nSPS) is 21.3. The third kappa shape index (κ3) is 4.55. The van der Waals surface area contributed by atoms with Gasteiger partial charge in [0.15, 0.2) is 0 Å². The quantitative estimate of drug-likeness (QED) is 0.891. The van der Waals surface area contributed by atoms with Crippen molar-refractivity contribution in [1.29, 1.82) is 0 Å². The van der Waals surface area contributed by atoms with Crippen molar-refractivity contribution >= 4 is 0 Å². The third-order valence-electron chi connectivity index (χ3n) is 3.63. The molecule has 0 radical (unpaired) electrons. The van der Waals surface area contributed by atoms with Crippen LogP contribution in [-0.4, -0.2) is 18.8 Å². The molecule has 2 atom stereocenters. The number of hydrogen-bond donors (Lipinski definition) is 1. The molecule has 0 amide bonds. The van der Waals surface area contributed by atoms with E-state index in [2.05, 4.69) is 0 Å². The van der Waals surface area contributed by atoms with Crippen molar-refractivity contribution in [3.63, 3.8) is 0 Å². The van der Waals surface area contributed by atoms with E-state index in [0.717, 1.165) is 38.4 Å². The van der Waals surface area contributed by atoms with Gasteiger partial charge < -0.3 is 10.5 Å². The Kier molecular flexibility index (Phi) is 5.28. The maximum atomic E-state index is 13.5. The predicted molar refractivity (Wildman–Crippen MR) is 70.9 cm³/mol. The van der Waals surface area contributed by atoms with Gasteiger partial charge in [-0.25, -0.2) is 8.78 Å². The van der Waals surface area contributed by atoms with E-state index < -0.39 is 11.6 Å². The first-order valence-electron chi connectivity index (χ1n) is 6.96. The average Bonchev–Trinajstić information content (AvgIpc) is 2.41. The van der Waals surface area contributed by atoms with Crippen molar-refractivity contribution in [1.82, 2.24) is 0 Å². The summed E-state index contributed by atoms with van der Waals surface area (Å²) in [6, 6.07) is 3.55. The molecule has 2 nitrogen and oxygen atoms in total. The van der Waals surface area contributed by atoms with Gasteiger partial charge in [-0.05, 0) is 50.2 Å². The van der Waals surface area contributed by atoms with Gasteiger partial charge in [0.05, 0.1) is 6.10 Å². The fourth-order valence-corrected chi connectivity index (χ4v) is 2.51. The average molecular weight is 269 g/mol. The molecule has 2 N–H and O–H groups in total. The van der Waals surface area contributed by atoms with E-state index in [0.29, 0.717) is 18.1 Å². The molecule has 0 aliphatic carbocycles. The van der Waals surface area contributed by atoms with Crippen LogP contribution in [0, 0.1) is 11.6 Å². The van der Waals surface area contributed by atoms with Gasteiger partial charge in [0.1, 0.15) is 11.6 Å². The molecular formula is C15H21F2NO. The molecule has 1 aliphatic rings. The van der Waals surface area contributed by atoms with Crippen molar-refractivity contribution in [2.75, 3.05) is 6.61 Å². The second-order valence-corrected chi connectivity index (χ2v) is 5.27. The van der Waals surface area contributed by atoms with E-state index in [4.69, 9.17) is 10.5 Å². The number of hydrogen-bond acceptors (Lipinski definition) is 2. The summed E-state index contributed by atoms with van der Waals surface area (Å²) >= 11 is 0. The Balaban J connectivity index is 1.78. The van der Waals surface area contributed by atoms with Crippen LogP contribution in [0.1, 0.15) is 37.7 Å². The highest BCUT2D eigenvalue weighted by Gasteiger charge is 2.16. The Morgan fingerprint density at radius 1 is 1.32 bits per heavy atom. The zero-order chi connectivity index (χ0) is 13.7. The van der Waals surface area contributed by atoms with Crippen LogP contribution in [0.25, 0.3) is 0 Å². The molecule has 0 spiro atoms. The van der Waals surface area contributed by atoms with E-state index in [1.807, 2.05) is 0 Å².